The number of nitrogens with one attached hydrogen (secondary N) is 1. The van der Waals surface area contributed by atoms with E-state index in [0.717, 1.165) is 11.3 Å². The first-order chi connectivity index (χ1) is 15.5. The zero-order chi connectivity index (χ0) is 22.5. The van der Waals surface area contributed by atoms with E-state index in [-0.39, 0.29) is 24.1 Å². The van der Waals surface area contributed by atoms with Crippen molar-refractivity contribution >= 4 is 29.1 Å². The van der Waals surface area contributed by atoms with Crippen molar-refractivity contribution in [2.45, 2.75) is 13.0 Å². The Labute approximate surface area is 187 Å². The normalized spacial score (nSPS) is 15.5. The standard InChI is InChI=1S/C26H25N3O3/c1-28(17-19-8-4-2-5-9-19)26(32)20-12-14-22(15-13-20)27-25(31)21-16-24(30)29(18-21)23-10-6-3-7-11-23/h2-15,21H,16-18H2,1H3,(H,27,31). The molecule has 0 aliphatic carbocycles. The monoisotopic (exact) mass is 427 g/mol. The predicted molar refractivity (Wildman–Crippen MR) is 124 cm³/mol. The van der Waals surface area contributed by atoms with Crippen LogP contribution in [0, 0.1) is 5.92 Å². The van der Waals surface area contributed by atoms with Crippen molar-refractivity contribution < 1.29 is 14.4 Å². The van der Waals surface area contributed by atoms with E-state index in [2.05, 4.69) is 5.32 Å². The Morgan fingerprint density at radius 1 is 0.938 bits per heavy atom. The summed E-state index contributed by atoms with van der Waals surface area (Å²) in [7, 11) is 1.76. The minimum atomic E-state index is -0.416. The number of anilines is 2. The average molecular weight is 428 g/mol. The molecule has 0 bridgehead atoms. The summed E-state index contributed by atoms with van der Waals surface area (Å²) in [6, 6.07) is 26.0. The van der Waals surface area contributed by atoms with Crippen LogP contribution in [0.5, 0.6) is 0 Å². The Morgan fingerprint density at radius 3 is 2.22 bits per heavy atom. The minimum Gasteiger partial charge on any atom is -0.337 e. The third kappa shape index (κ3) is 4.86. The number of hydrogen-bond acceptors (Lipinski definition) is 3. The van der Waals surface area contributed by atoms with Crippen LogP contribution in [0.15, 0.2) is 84.9 Å². The molecule has 1 atom stereocenters. The number of amides is 3. The molecule has 3 aromatic carbocycles. The SMILES string of the molecule is CN(Cc1ccccc1)C(=O)c1ccc(NC(=O)C2CC(=O)N(c3ccccc3)C2)cc1. The van der Waals surface area contributed by atoms with Crippen molar-refractivity contribution in [3.8, 4) is 0 Å². The molecule has 3 amide bonds. The van der Waals surface area contributed by atoms with Crippen LogP contribution in [0.2, 0.25) is 0 Å². The summed E-state index contributed by atoms with van der Waals surface area (Å²) < 4.78 is 0. The Balaban J connectivity index is 1.35. The highest BCUT2D eigenvalue weighted by atomic mass is 16.2. The van der Waals surface area contributed by atoms with Crippen molar-refractivity contribution in [3.63, 3.8) is 0 Å². The van der Waals surface area contributed by atoms with E-state index >= 15 is 0 Å². The van der Waals surface area contributed by atoms with Gasteiger partial charge in [0.2, 0.25) is 11.8 Å². The van der Waals surface area contributed by atoms with Crippen LogP contribution in [0.4, 0.5) is 11.4 Å². The van der Waals surface area contributed by atoms with Gasteiger partial charge in [0, 0.05) is 43.5 Å². The molecule has 6 nitrogen and oxygen atoms in total. The molecule has 1 aliphatic rings. The molecule has 1 heterocycles. The molecule has 3 aromatic rings. The van der Waals surface area contributed by atoms with Crippen LogP contribution in [-0.2, 0) is 16.1 Å². The second-order valence-corrected chi connectivity index (χ2v) is 7.95. The molecule has 1 N–H and O–H groups in total. The van der Waals surface area contributed by atoms with Crippen LogP contribution >= 0.6 is 0 Å². The number of para-hydroxylation sites is 1. The van der Waals surface area contributed by atoms with Gasteiger partial charge in [0.1, 0.15) is 0 Å². The maximum atomic E-state index is 12.7. The minimum absolute atomic E-state index is 0.0567. The van der Waals surface area contributed by atoms with Crippen LogP contribution in [0.25, 0.3) is 0 Å². The van der Waals surface area contributed by atoms with E-state index < -0.39 is 5.92 Å². The lowest BCUT2D eigenvalue weighted by Crippen LogP contribution is -2.28. The van der Waals surface area contributed by atoms with Gasteiger partial charge in [-0.15, -0.1) is 0 Å². The van der Waals surface area contributed by atoms with E-state index in [1.54, 1.807) is 41.1 Å². The molecule has 0 radical (unpaired) electrons. The highest BCUT2D eigenvalue weighted by Gasteiger charge is 2.35. The van der Waals surface area contributed by atoms with E-state index in [1.807, 2.05) is 60.7 Å². The van der Waals surface area contributed by atoms with Gasteiger partial charge >= 0.3 is 0 Å². The van der Waals surface area contributed by atoms with Gasteiger partial charge in [-0.2, -0.15) is 0 Å². The predicted octanol–water partition coefficient (Wildman–Crippen LogP) is 3.95. The van der Waals surface area contributed by atoms with Crippen LogP contribution < -0.4 is 10.2 Å². The summed E-state index contributed by atoms with van der Waals surface area (Å²) in [6.45, 7) is 0.876. The molecule has 1 aliphatic heterocycles. The lowest BCUT2D eigenvalue weighted by atomic mass is 10.1. The van der Waals surface area contributed by atoms with Gasteiger partial charge in [0.25, 0.3) is 5.91 Å². The van der Waals surface area contributed by atoms with Gasteiger partial charge in [-0.05, 0) is 42.0 Å². The fourth-order valence-electron chi connectivity index (χ4n) is 3.83. The maximum absolute atomic E-state index is 12.7. The van der Waals surface area contributed by atoms with Gasteiger partial charge < -0.3 is 15.1 Å². The van der Waals surface area contributed by atoms with Gasteiger partial charge in [0.15, 0.2) is 0 Å². The summed E-state index contributed by atoms with van der Waals surface area (Å²) in [6.07, 6.45) is 0.182. The number of rotatable bonds is 6. The molecular formula is C26H25N3O3. The molecule has 1 unspecified atom stereocenters. The second kappa shape index (κ2) is 9.47. The lowest BCUT2D eigenvalue weighted by Gasteiger charge is -2.18. The van der Waals surface area contributed by atoms with Crippen molar-refractivity contribution in [2.75, 3.05) is 23.8 Å². The van der Waals surface area contributed by atoms with Crippen molar-refractivity contribution in [1.29, 1.82) is 0 Å². The third-order valence-corrected chi connectivity index (χ3v) is 5.57. The van der Waals surface area contributed by atoms with Gasteiger partial charge in [-0.3, -0.25) is 14.4 Å². The van der Waals surface area contributed by atoms with E-state index in [9.17, 15) is 14.4 Å². The van der Waals surface area contributed by atoms with E-state index in [1.165, 1.54) is 0 Å². The van der Waals surface area contributed by atoms with E-state index in [4.69, 9.17) is 0 Å². The lowest BCUT2D eigenvalue weighted by molar-refractivity contribution is -0.122. The number of carbonyl (C=O) groups is 3. The molecule has 1 saturated heterocycles. The van der Waals surface area contributed by atoms with Crippen molar-refractivity contribution in [3.05, 3.63) is 96.1 Å². The number of nitrogens with zero attached hydrogens (tertiary/aromatic N) is 2. The highest BCUT2D eigenvalue weighted by Crippen LogP contribution is 2.26. The maximum Gasteiger partial charge on any atom is 0.253 e. The fraction of sp³-hybridized carbons (Fsp3) is 0.192. The fourth-order valence-corrected chi connectivity index (χ4v) is 3.83. The number of benzene rings is 3. The van der Waals surface area contributed by atoms with Crippen LogP contribution in [0.1, 0.15) is 22.3 Å². The topological polar surface area (TPSA) is 69.7 Å². The number of hydrogen-bond donors (Lipinski definition) is 1. The van der Waals surface area contributed by atoms with Gasteiger partial charge in [-0.25, -0.2) is 0 Å². The highest BCUT2D eigenvalue weighted by molar-refractivity contribution is 6.03. The van der Waals surface area contributed by atoms with Crippen LogP contribution in [0.3, 0.4) is 0 Å². The molecule has 0 spiro atoms. The molecule has 4 rings (SSSR count). The first-order valence-corrected chi connectivity index (χ1v) is 10.6. The molecular weight excluding hydrogens is 402 g/mol. The molecule has 0 saturated carbocycles. The summed E-state index contributed by atoms with van der Waals surface area (Å²) in [5.74, 6) is -0.761. The zero-order valence-electron chi connectivity index (χ0n) is 17.9. The Bertz CT molecular complexity index is 1100. The van der Waals surface area contributed by atoms with Crippen molar-refractivity contribution in [2.24, 2.45) is 5.92 Å². The van der Waals surface area contributed by atoms with Crippen molar-refractivity contribution in [1.82, 2.24) is 4.90 Å². The van der Waals surface area contributed by atoms with E-state index in [0.29, 0.717) is 24.3 Å². The average Bonchev–Trinajstić information content (AvgIpc) is 3.22. The first kappa shape index (κ1) is 21.3. The Morgan fingerprint density at radius 2 is 1.56 bits per heavy atom. The molecule has 162 valence electrons. The quantitative estimate of drug-likeness (QED) is 0.648. The Kier molecular flexibility index (Phi) is 6.31. The summed E-state index contributed by atoms with van der Waals surface area (Å²) in [4.78, 5) is 41.1. The van der Waals surface area contributed by atoms with Crippen LogP contribution in [-0.4, -0.2) is 36.2 Å². The molecule has 6 heteroatoms. The summed E-state index contributed by atoms with van der Waals surface area (Å²) in [5.41, 5.74) is 3.01. The summed E-state index contributed by atoms with van der Waals surface area (Å²) >= 11 is 0. The molecule has 0 aromatic heterocycles. The third-order valence-electron chi connectivity index (χ3n) is 5.57. The molecule has 1 fully saturated rings. The summed E-state index contributed by atoms with van der Waals surface area (Å²) in [5, 5.41) is 2.87. The zero-order valence-corrected chi connectivity index (χ0v) is 17.9. The van der Waals surface area contributed by atoms with Gasteiger partial charge in [-0.1, -0.05) is 48.5 Å². The largest absolute Gasteiger partial charge is 0.337 e. The first-order valence-electron chi connectivity index (χ1n) is 10.6. The molecule has 32 heavy (non-hydrogen) atoms. The number of carbonyl (C=O) groups excluding carboxylic acids is 3. The Hall–Kier alpha value is -3.93. The smallest absolute Gasteiger partial charge is 0.253 e. The van der Waals surface area contributed by atoms with Gasteiger partial charge in [0.05, 0.1) is 5.92 Å². The second-order valence-electron chi connectivity index (χ2n) is 7.95.